The molecule has 134 valence electrons. The van der Waals surface area contributed by atoms with Gasteiger partial charge in [-0.15, -0.1) is 0 Å². The second-order valence-electron chi connectivity index (χ2n) is 7.02. The van der Waals surface area contributed by atoms with Gasteiger partial charge in [-0.3, -0.25) is 9.36 Å². The van der Waals surface area contributed by atoms with Crippen molar-refractivity contribution in [1.29, 1.82) is 0 Å². The van der Waals surface area contributed by atoms with Crippen molar-refractivity contribution in [1.82, 2.24) is 24.9 Å². The molecule has 1 aliphatic heterocycles. The van der Waals surface area contributed by atoms with Crippen LogP contribution in [0.25, 0.3) is 0 Å². The van der Waals surface area contributed by atoms with E-state index in [-0.39, 0.29) is 18.2 Å². The molecule has 3 heterocycles. The SMILES string of the molecule is C[C@H](C1CC1)n1cc(NC(=O)N[C@H]2CCO[C@@H]2c2cnn(C)c2)cn1. The van der Waals surface area contributed by atoms with E-state index < -0.39 is 0 Å². The number of urea groups is 1. The van der Waals surface area contributed by atoms with Crippen LogP contribution in [0.1, 0.15) is 43.9 Å². The Hall–Kier alpha value is -2.35. The van der Waals surface area contributed by atoms with Crippen LogP contribution in [0.5, 0.6) is 0 Å². The van der Waals surface area contributed by atoms with E-state index in [0.717, 1.165) is 17.9 Å². The van der Waals surface area contributed by atoms with Gasteiger partial charge in [-0.25, -0.2) is 4.79 Å². The van der Waals surface area contributed by atoms with Crippen LogP contribution in [-0.4, -0.2) is 38.2 Å². The van der Waals surface area contributed by atoms with Gasteiger partial charge in [0.15, 0.2) is 0 Å². The first kappa shape index (κ1) is 16.1. The number of carbonyl (C=O) groups excluding carboxylic acids is 1. The van der Waals surface area contributed by atoms with Gasteiger partial charge in [-0.2, -0.15) is 10.2 Å². The van der Waals surface area contributed by atoms with Crippen LogP contribution >= 0.6 is 0 Å². The number of nitrogens with zero attached hydrogens (tertiary/aromatic N) is 4. The third kappa shape index (κ3) is 3.53. The second-order valence-corrected chi connectivity index (χ2v) is 7.02. The van der Waals surface area contributed by atoms with E-state index in [2.05, 4.69) is 27.8 Å². The van der Waals surface area contributed by atoms with Crippen LogP contribution < -0.4 is 10.6 Å². The van der Waals surface area contributed by atoms with Crippen molar-refractivity contribution < 1.29 is 9.53 Å². The maximum absolute atomic E-state index is 12.3. The van der Waals surface area contributed by atoms with Crippen molar-refractivity contribution in [3.8, 4) is 0 Å². The maximum atomic E-state index is 12.3. The Morgan fingerprint density at radius 3 is 2.84 bits per heavy atom. The van der Waals surface area contributed by atoms with Gasteiger partial charge in [-0.1, -0.05) is 0 Å². The van der Waals surface area contributed by atoms with Gasteiger partial charge in [0.1, 0.15) is 6.10 Å². The second kappa shape index (κ2) is 6.51. The van der Waals surface area contributed by atoms with E-state index in [1.807, 2.05) is 24.1 Å². The fraction of sp³-hybridized carbons (Fsp3) is 0.588. The Morgan fingerprint density at radius 2 is 2.12 bits per heavy atom. The summed E-state index contributed by atoms with van der Waals surface area (Å²) in [4.78, 5) is 12.3. The highest BCUT2D eigenvalue weighted by molar-refractivity contribution is 5.89. The zero-order valence-corrected chi connectivity index (χ0v) is 14.6. The molecule has 8 nitrogen and oxygen atoms in total. The summed E-state index contributed by atoms with van der Waals surface area (Å²) in [5.74, 6) is 0.720. The summed E-state index contributed by atoms with van der Waals surface area (Å²) in [5, 5.41) is 14.4. The molecule has 2 aliphatic rings. The smallest absolute Gasteiger partial charge is 0.319 e. The lowest BCUT2D eigenvalue weighted by Gasteiger charge is -2.18. The molecule has 1 saturated heterocycles. The summed E-state index contributed by atoms with van der Waals surface area (Å²) >= 11 is 0. The van der Waals surface area contributed by atoms with Crippen LogP contribution in [0.15, 0.2) is 24.8 Å². The first-order chi connectivity index (χ1) is 12.1. The maximum Gasteiger partial charge on any atom is 0.319 e. The van der Waals surface area contributed by atoms with E-state index in [1.165, 1.54) is 12.8 Å². The minimum Gasteiger partial charge on any atom is -0.371 e. The van der Waals surface area contributed by atoms with Crippen molar-refractivity contribution in [2.75, 3.05) is 11.9 Å². The van der Waals surface area contributed by atoms with Crippen molar-refractivity contribution in [3.05, 3.63) is 30.4 Å². The van der Waals surface area contributed by atoms with Gasteiger partial charge in [0.25, 0.3) is 0 Å². The van der Waals surface area contributed by atoms with E-state index in [9.17, 15) is 4.79 Å². The molecule has 0 radical (unpaired) electrons. The molecule has 0 bridgehead atoms. The Balaban J connectivity index is 1.35. The van der Waals surface area contributed by atoms with Crippen LogP contribution in [0.4, 0.5) is 10.5 Å². The van der Waals surface area contributed by atoms with Gasteiger partial charge in [-0.05, 0) is 32.1 Å². The largest absolute Gasteiger partial charge is 0.371 e. The fourth-order valence-corrected chi connectivity index (χ4v) is 3.41. The number of hydrogen-bond acceptors (Lipinski definition) is 4. The van der Waals surface area contributed by atoms with Gasteiger partial charge in [0, 0.05) is 31.6 Å². The summed E-state index contributed by atoms with van der Waals surface area (Å²) in [6.07, 6.45) is 10.5. The highest BCUT2D eigenvalue weighted by atomic mass is 16.5. The monoisotopic (exact) mass is 344 g/mol. The summed E-state index contributed by atoms with van der Waals surface area (Å²) in [5.41, 5.74) is 1.69. The van der Waals surface area contributed by atoms with Crippen LogP contribution in [0.2, 0.25) is 0 Å². The molecule has 3 atom stereocenters. The van der Waals surface area contributed by atoms with Crippen LogP contribution in [0, 0.1) is 5.92 Å². The first-order valence-electron chi connectivity index (χ1n) is 8.82. The molecule has 4 rings (SSSR count). The minimum absolute atomic E-state index is 0.0652. The Bertz CT molecular complexity index is 750. The molecule has 0 aromatic carbocycles. The van der Waals surface area contributed by atoms with E-state index in [0.29, 0.717) is 18.3 Å². The number of aromatic nitrogens is 4. The minimum atomic E-state index is -0.233. The summed E-state index contributed by atoms with van der Waals surface area (Å²) in [6.45, 7) is 2.80. The summed E-state index contributed by atoms with van der Waals surface area (Å²) in [6, 6.07) is 0.0875. The zero-order valence-electron chi connectivity index (χ0n) is 14.6. The van der Waals surface area contributed by atoms with E-state index in [1.54, 1.807) is 17.1 Å². The molecule has 2 N–H and O–H groups in total. The predicted molar refractivity (Wildman–Crippen MR) is 92.1 cm³/mol. The highest BCUT2D eigenvalue weighted by Crippen LogP contribution is 2.39. The number of rotatable bonds is 5. The molecule has 0 unspecified atom stereocenters. The highest BCUT2D eigenvalue weighted by Gasteiger charge is 2.32. The number of aryl methyl sites for hydroxylation is 1. The standard InChI is InChI=1S/C17H24N6O2/c1-11(12-3-4-12)23-10-14(8-19-23)20-17(24)21-15-5-6-25-16(15)13-7-18-22(2)9-13/h7-12,15-16H,3-6H2,1-2H3,(H2,20,21,24)/t11-,15+,16-/m1/s1. The van der Waals surface area contributed by atoms with E-state index in [4.69, 9.17) is 4.74 Å². The molecule has 2 aromatic heterocycles. The molecule has 0 spiro atoms. The topological polar surface area (TPSA) is 86.0 Å². The molecule has 8 heteroatoms. The molecule has 1 saturated carbocycles. The molecule has 25 heavy (non-hydrogen) atoms. The van der Waals surface area contributed by atoms with Crippen LogP contribution in [0.3, 0.4) is 0 Å². The number of hydrogen-bond donors (Lipinski definition) is 2. The predicted octanol–water partition coefficient (Wildman–Crippen LogP) is 2.24. The van der Waals surface area contributed by atoms with Gasteiger partial charge >= 0.3 is 6.03 Å². The Labute approximate surface area is 146 Å². The molecule has 2 fully saturated rings. The number of carbonyl (C=O) groups is 1. The van der Waals surface area contributed by atoms with Crippen molar-refractivity contribution in [2.24, 2.45) is 13.0 Å². The summed E-state index contributed by atoms with van der Waals surface area (Å²) < 4.78 is 9.45. The normalized spacial score (nSPS) is 24.2. The summed E-state index contributed by atoms with van der Waals surface area (Å²) in [7, 11) is 1.87. The zero-order chi connectivity index (χ0) is 17.4. The Morgan fingerprint density at radius 1 is 1.28 bits per heavy atom. The quantitative estimate of drug-likeness (QED) is 0.871. The van der Waals surface area contributed by atoms with Crippen molar-refractivity contribution >= 4 is 11.7 Å². The number of nitrogens with one attached hydrogen (secondary N) is 2. The number of anilines is 1. The third-order valence-electron chi connectivity index (χ3n) is 5.04. The number of ether oxygens (including phenoxy) is 1. The Kier molecular flexibility index (Phi) is 4.20. The molecular formula is C17H24N6O2. The molecule has 2 amide bonds. The molecular weight excluding hydrogens is 320 g/mol. The van der Waals surface area contributed by atoms with E-state index >= 15 is 0 Å². The lowest BCUT2D eigenvalue weighted by molar-refractivity contribution is 0.100. The molecule has 1 aliphatic carbocycles. The average molecular weight is 344 g/mol. The van der Waals surface area contributed by atoms with Gasteiger partial charge in [0.2, 0.25) is 0 Å². The van der Waals surface area contributed by atoms with Crippen LogP contribution in [-0.2, 0) is 11.8 Å². The van der Waals surface area contributed by atoms with Crippen molar-refractivity contribution in [3.63, 3.8) is 0 Å². The van der Waals surface area contributed by atoms with Gasteiger partial charge < -0.3 is 15.4 Å². The first-order valence-corrected chi connectivity index (χ1v) is 8.82. The average Bonchev–Trinajstić information content (AvgIpc) is 2.94. The lowest BCUT2D eigenvalue weighted by atomic mass is 10.1. The molecule has 2 aromatic rings. The van der Waals surface area contributed by atoms with Crippen molar-refractivity contribution in [2.45, 2.75) is 44.4 Å². The number of amides is 2. The lowest BCUT2D eigenvalue weighted by Crippen LogP contribution is -2.39. The van der Waals surface area contributed by atoms with Gasteiger partial charge in [0.05, 0.1) is 30.2 Å². The fourth-order valence-electron chi connectivity index (χ4n) is 3.41. The third-order valence-corrected chi connectivity index (χ3v) is 5.04.